The molecule has 1 N–H and O–H groups in total. The number of hydrogen-bond donors (Lipinski definition) is 1. The Labute approximate surface area is 199 Å². The topological polar surface area (TPSA) is 69.9 Å². The second kappa shape index (κ2) is 7.61. The molecule has 6 nitrogen and oxygen atoms in total. The molecule has 1 aliphatic carbocycles. The molecule has 0 radical (unpaired) electrons. The minimum atomic E-state index is -0.909. The van der Waals surface area contributed by atoms with Crippen LogP contribution in [0.2, 0.25) is 0 Å². The summed E-state index contributed by atoms with van der Waals surface area (Å²) in [6.07, 6.45) is 3.61. The van der Waals surface area contributed by atoms with Gasteiger partial charge < -0.3 is 10.1 Å². The average molecular weight is 451 g/mol. The number of benzene rings is 3. The Morgan fingerprint density at radius 1 is 1.03 bits per heavy atom. The SMILES string of the molecule is CNC1=NC2(CC3(CCCc4ccccc43)Oc3ccc(-c4cccc(C#N)c4)cc32)ON1C. The fraction of sp³-hybridized carbons (Fsp3) is 0.286. The van der Waals surface area contributed by atoms with Gasteiger partial charge in [-0.15, -0.1) is 0 Å². The van der Waals surface area contributed by atoms with E-state index < -0.39 is 11.3 Å². The fourth-order valence-corrected chi connectivity index (χ4v) is 5.70. The second-order valence-electron chi connectivity index (χ2n) is 9.25. The van der Waals surface area contributed by atoms with Crippen LogP contribution >= 0.6 is 0 Å². The first-order chi connectivity index (χ1) is 16.6. The molecular weight excluding hydrogens is 424 g/mol. The van der Waals surface area contributed by atoms with E-state index in [1.807, 2.05) is 44.4 Å². The number of fused-ring (bicyclic) bond motifs is 4. The van der Waals surface area contributed by atoms with Gasteiger partial charge >= 0.3 is 0 Å². The summed E-state index contributed by atoms with van der Waals surface area (Å²) in [5, 5.41) is 14.2. The number of aryl methyl sites for hydroxylation is 1. The first kappa shape index (κ1) is 20.8. The standard InChI is InChI=1S/C28H26N4O2/c1-30-26-31-28(34-32(26)2)18-27(14-6-10-20-8-3-4-11-23(20)27)33-25-13-12-22(16-24(25)28)21-9-5-7-19(15-21)17-29/h3-5,7-9,11-13,15-16H,6,10,14,18H2,1-2H3,(H,30,31). The predicted octanol–water partition coefficient (Wildman–Crippen LogP) is 4.84. The largest absolute Gasteiger partial charge is 0.482 e. The van der Waals surface area contributed by atoms with E-state index in [2.05, 4.69) is 47.8 Å². The molecule has 0 aromatic heterocycles. The van der Waals surface area contributed by atoms with Crippen molar-refractivity contribution in [3.63, 3.8) is 0 Å². The van der Waals surface area contributed by atoms with Crippen LogP contribution in [0.5, 0.6) is 5.75 Å². The summed E-state index contributed by atoms with van der Waals surface area (Å²) in [6.45, 7) is 0. The van der Waals surface area contributed by atoms with Gasteiger partial charge in [0.1, 0.15) is 11.4 Å². The molecule has 2 heterocycles. The molecule has 0 saturated carbocycles. The smallest absolute Gasteiger partial charge is 0.222 e. The quantitative estimate of drug-likeness (QED) is 0.574. The summed E-state index contributed by atoms with van der Waals surface area (Å²) in [5.41, 5.74) is 4.66. The van der Waals surface area contributed by atoms with Crippen LogP contribution in [0, 0.1) is 11.3 Å². The number of nitrogens with one attached hydrogen (secondary N) is 1. The van der Waals surface area contributed by atoms with Gasteiger partial charge in [-0.1, -0.05) is 42.5 Å². The molecule has 170 valence electrons. The van der Waals surface area contributed by atoms with Crippen LogP contribution in [0.1, 0.15) is 41.5 Å². The first-order valence-electron chi connectivity index (χ1n) is 11.7. The molecule has 0 saturated heterocycles. The number of nitrogens with zero attached hydrogens (tertiary/aromatic N) is 3. The van der Waals surface area contributed by atoms with E-state index in [0.717, 1.165) is 41.7 Å². The summed E-state index contributed by atoms with van der Waals surface area (Å²) in [5.74, 6) is 1.47. The Kier molecular flexibility index (Phi) is 4.65. The van der Waals surface area contributed by atoms with Gasteiger partial charge in [-0.05, 0) is 65.8 Å². The Morgan fingerprint density at radius 3 is 2.71 bits per heavy atom. The van der Waals surface area contributed by atoms with Crippen molar-refractivity contribution in [2.45, 2.75) is 37.0 Å². The van der Waals surface area contributed by atoms with Gasteiger partial charge in [-0.2, -0.15) is 5.26 Å². The zero-order chi connectivity index (χ0) is 23.3. The molecule has 34 heavy (non-hydrogen) atoms. The molecule has 6 rings (SSSR count). The highest BCUT2D eigenvalue weighted by atomic mass is 16.7. The van der Waals surface area contributed by atoms with Crippen molar-refractivity contribution in [3.05, 3.63) is 89.0 Å². The number of hydroxylamine groups is 2. The van der Waals surface area contributed by atoms with Crippen molar-refractivity contribution >= 4 is 5.96 Å². The summed E-state index contributed by atoms with van der Waals surface area (Å²) >= 11 is 0. The van der Waals surface area contributed by atoms with Crippen molar-refractivity contribution < 1.29 is 9.57 Å². The Balaban J connectivity index is 1.54. The molecule has 3 aliphatic rings. The minimum Gasteiger partial charge on any atom is -0.482 e. The van der Waals surface area contributed by atoms with Crippen LogP contribution in [0.25, 0.3) is 11.1 Å². The number of rotatable bonds is 1. The van der Waals surface area contributed by atoms with Crippen LogP contribution in [-0.2, 0) is 22.6 Å². The van der Waals surface area contributed by atoms with Gasteiger partial charge in [0.15, 0.2) is 0 Å². The van der Waals surface area contributed by atoms with Gasteiger partial charge in [0, 0.05) is 20.5 Å². The van der Waals surface area contributed by atoms with E-state index in [1.165, 1.54) is 11.1 Å². The third-order valence-corrected chi connectivity index (χ3v) is 7.19. The maximum atomic E-state index is 9.35. The van der Waals surface area contributed by atoms with E-state index in [9.17, 15) is 5.26 Å². The summed E-state index contributed by atoms with van der Waals surface area (Å²) in [4.78, 5) is 11.6. The monoisotopic (exact) mass is 450 g/mol. The summed E-state index contributed by atoms with van der Waals surface area (Å²) in [7, 11) is 3.73. The van der Waals surface area contributed by atoms with Crippen molar-refractivity contribution in [1.82, 2.24) is 10.4 Å². The lowest BCUT2D eigenvalue weighted by atomic mass is 9.72. The van der Waals surface area contributed by atoms with E-state index in [0.29, 0.717) is 17.9 Å². The molecule has 0 bridgehead atoms. The molecule has 3 aromatic carbocycles. The first-order valence-corrected chi connectivity index (χ1v) is 11.7. The molecule has 2 spiro atoms. The molecular formula is C28H26N4O2. The van der Waals surface area contributed by atoms with Crippen LogP contribution in [0.4, 0.5) is 0 Å². The highest BCUT2D eigenvalue weighted by molar-refractivity contribution is 5.80. The summed E-state index contributed by atoms with van der Waals surface area (Å²) < 4.78 is 6.87. The number of ether oxygens (including phenoxy) is 1. The van der Waals surface area contributed by atoms with E-state index in [4.69, 9.17) is 14.6 Å². The zero-order valence-corrected chi connectivity index (χ0v) is 19.3. The average Bonchev–Trinajstić information content (AvgIpc) is 3.19. The van der Waals surface area contributed by atoms with Crippen molar-refractivity contribution in [3.8, 4) is 22.9 Å². The minimum absolute atomic E-state index is 0.502. The number of aliphatic imine (C=N–C) groups is 1. The van der Waals surface area contributed by atoms with Crippen LogP contribution in [-0.4, -0.2) is 25.1 Å². The Morgan fingerprint density at radius 2 is 1.88 bits per heavy atom. The van der Waals surface area contributed by atoms with E-state index in [1.54, 1.807) is 5.06 Å². The maximum Gasteiger partial charge on any atom is 0.222 e. The molecule has 2 aliphatic heterocycles. The van der Waals surface area contributed by atoms with Crippen molar-refractivity contribution in [2.75, 3.05) is 14.1 Å². The highest BCUT2D eigenvalue weighted by Crippen LogP contribution is 2.56. The van der Waals surface area contributed by atoms with Crippen LogP contribution in [0.15, 0.2) is 71.7 Å². The maximum absolute atomic E-state index is 9.35. The van der Waals surface area contributed by atoms with Crippen molar-refractivity contribution in [2.24, 2.45) is 4.99 Å². The normalized spacial score (nSPS) is 24.7. The zero-order valence-electron chi connectivity index (χ0n) is 19.3. The Bertz CT molecular complexity index is 1360. The van der Waals surface area contributed by atoms with Crippen molar-refractivity contribution in [1.29, 1.82) is 5.26 Å². The molecule has 0 fully saturated rings. The number of guanidine groups is 1. The lowest BCUT2D eigenvalue weighted by molar-refractivity contribution is -0.208. The predicted molar refractivity (Wildman–Crippen MR) is 130 cm³/mol. The van der Waals surface area contributed by atoms with Gasteiger partial charge in [0.05, 0.1) is 17.2 Å². The number of hydrogen-bond acceptors (Lipinski definition) is 6. The lowest BCUT2D eigenvalue weighted by Gasteiger charge is -2.47. The molecule has 2 atom stereocenters. The van der Waals surface area contributed by atoms with Gasteiger partial charge in [0.25, 0.3) is 0 Å². The highest BCUT2D eigenvalue weighted by Gasteiger charge is 2.56. The van der Waals surface area contributed by atoms with Gasteiger partial charge in [-0.3, -0.25) is 0 Å². The molecule has 6 heteroatoms. The fourth-order valence-electron chi connectivity index (χ4n) is 5.70. The Hall–Kier alpha value is -3.82. The van der Waals surface area contributed by atoms with Gasteiger partial charge in [0.2, 0.25) is 11.7 Å². The molecule has 0 amide bonds. The van der Waals surface area contributed by atoms with Crippen LogP contribution in [0.3, 0.4) is 0 Å². The number of nitriles is 1. The van der Waals surface area contributed by atoms with Gasteiger partial charge in [-0.25, -0.2) is 14.9 Å². The molecule has 2 unspecified atom stereocenters. The third-order valence-electron chi connectivity index (χ3n) is 7.19. The summed E-state index contributed by atoms with van der Waals surface area (Å²) in [6, 6.07) is 24.6. The third kappa shape index (κ3) is 3.08. The lowest BCUT2D eigenvalue weighted by Crippen LogP contribution is -2.48. The van der Waals surface area contributed by atoms with E-state index >= 15 is 0 Å². The molecule has 3 aromatic rings. The van der Waals surface area contributed by atoms with E-state index in [-0.39, 0.29) is 0 Å². The second-order valence-corrected chi connectivity index (χ2v) is 9.25. The van der Waals surface area contributed by atoms with Crippen LogP contribution < -0.4 is 10.1 Å².